The standard InChI is InChI=1S/C17H36N2OS/c1-9-18-15-14(16(3,4)20-17(15,5)6)12-19(7)13(2)10-11-21-8/h13-15,18H,9-12H2,1-8H3. The van der Waals surface area contributed by atoms with E-state index in [1.807, 2.05) is 11.8 Å². The molecule has 0 amide bonds. The van der Waals surface area contributed by atoms with Gasteiger partial charge in [-0.05, 0) is 66.6 Å². The van der Waals surface area contributed by atoms with Crippen molar-refractivity contribution in [2.24, 2.45) is 5.92 Å². The minimum atomic E-state index is -0.104. The van der Waals surface area contributed by atoms with Crippen molar-refractivity contribution in [1.29, 1.82) is 0 Å². The molecule has 0 aromatic rings. The fourth-order valence-corrected chi connectivity index (χ4v) is 4.21. The second-order valence-corrected chi connectivity index (χ2v) is 8.51. The van der Waals surface area contributed by atoms with Gasteiger partial charge < -0.3 is 15.0 Å². The highest BCUT2D eigenvalue weighted by atomic mass is 32.2. The molecule has 1 rings (SSSR count). The van der Waals surface area contributed by atoms with Crippen molar-refractivity contribution in [3.8, 4) is 0 Å². The van der Waals surface area contributed by atoms with Crippen LogP contribution in [0.3, 0.4) is 0 Å². The molecule has 1 fully saturated rings. The van der Waals surface area contributed by atoms with E-state index in [0.29, 0.717) is 18.0 Å². The van der Waals surface area contributed by atoms with Crippen LogP contribution in [-0.2, 0) is 4.74 Å². The zero-order valence-corrected chi connectivity index (χ0v) is 16.1. The number of thioether (sulfide) groups is 1. The molecule has 0 aromatic heterocycles. The highest BCUT2D eigenvalue weighted by Gasteiger charge is 2.53. The van der Waals surface area contributed by atoms with Gasteiger partial charge in [0.05, 0.1) is 11.2 Å². The van der Waals surface area contributed by atoms with E-state index in [1.54, 1.807) is 0 Å². The van der Waals surface area contributed by atoms with Crippen molar-refractivity contribution in [1.82, 2.24) is 10.2 Å². The van der Waals surface area contributed by atoms with Gasteiger partial charge >= 0.3 is 0 Å². The van der Waals surface area contributed by atoms with Gasteiger partial charge in [0.1, 0.15) is 0 Å². The molecule has 0 bridgehead atoms. The van der Waals surface area contributed by atoms with Crippen molar-refractivity contribution >= 4 is 11.8 Å². The van der Waals surface area contributed by atoms with Gasteiger partial charge in [-0.2, -0.15) is 11.8 Å². The van der Waals surface area contributed by atoms with E-state index in [4.69, 9.17) is 4.74 Å². The molecule has 3 atom stereocenters. The van der Waals surface area contributed by atoms with Crippen LogP contribution in [0.1, 0.15) is 48.0 Å². The summed E-state index contributed by atoms with van der Waals surface area (Å²) < 4.78 is 6.38. The zero-order chi connectivity index (χ0) is 16.3. The quantitative estimate of drug-likeness (QED) is 0.743. The lowest BCUT2D eigenvalue weighted by molar-refractivity contribution is -0.0797. The maximum atomic E-state index is 6.38. The second kappa shape index (κ2) is 7.67. The Hall–Kier alpha value is 0.230. The molecule has 3 nitrogen and oxygen atoms in total. The third-order valence-corrected chi connectivity index (χ3v) is 5.62. The summed E-state index contributed by atoms with van der Waals surface area (Å²) in [6.07, 6.45) is 3.44. The van der Waals surface area contributed by atoms with Crippen LogP contribution in [0.5, 0.6) is 0 Å². The normalized spacial score (nSPS) is 29.0. The Kier molecular flexibility index (Phi) is 7.04. The molecule has 1 saturated heterocycles. The van der Waals surface area contributed by atoms with Gasteiger partial charge in [0.25, 0.3) is 0 Å². The topological polar surface area (TPSA) is 24.5 Å². The Balaban J connectivity index is 2.77. The first kappa shape index (κ1) is 19.3. The van der Waals surface area contributed by atoms with Gasteiger partial charge in [-0.15, -0.1) is 0 Å². The van der Waals surface area contributed by atoms with Crippen LogP contribution in [0.15, 0.2) is 0 Å². The molecule has 0 aliphatic carbocycles. The smallest absolute Gasteiger partial charge is 0.0790 e. The van der Waals surface area contributed by atoms with Gasteiger partial charge in [0.2, 0.25) is 0 Å². The van der Waals surface area contributed by atoms with Crippen molar-refractivity contribution in [3.63, 3.8) is 0 Å². The molecule has 4 heteroatoms. The van der Waals surface area contributed by atoms with Crippen molar-refractivity contribution in [3.05, 3.63) is 0 Å². The van der Waals surface area contributed by atoms with E-state index >= 15 is 0 Å². The summed E-state index contributed by atoms with van der Waals surface area (Å²) in [4.78, 5) is 2.51. The second-order valence-electron chi connectivity index (χ2n) is 7.52. The first-order valence-corrected chi connectivity index (χ1v) is 9.67. The fraction of sp³-hybridized carbons (Fsp3) is 1.00. The molecular formula is C17H36N2OS. The molecule has 0 radical (unpaired) electrons. The van der Waals surface area contributed by atoms with E-state index in [2.05, 4.69) is 65.1 Å². The van der Waals surface area contributed by atoms with E-state index in [9.17, 15) is 0 Å². The molecule has 3 unspecified atom stereocenters. The average molecular weight is 317 g/mol. The molecule has 21 heavy (non-hydrogen) atoms. The third-order valence-electron chi connectivity index (χ3n) is 4.97. The van der Waals surface area contributed by atoms with Crippen LogP contribution in [0.25, 0.3) is 0 Å². The molecule has 126 valence electrons. The van der Waals surface area contributed by atoms with Gasteiger partial charge in [-0.25, -0.2) is 0 Å². The average Bonchev–Trinajstić information content (AvgIpc) is 2.54. The Morgan fingerprint density at radius 3 is 2.38 bits per heavy atom. The monoisotopic (exact) mass is 316 g/mol. The van der Waals surface area contributed by atoms with Crippen molar-refractivity contribution in [2.75, 3.05) is 32.1 Å². The van der Waals surface area contributed by atoms with Gasteiger partial charge in [-0.3, -0.25) is 0 Å². The molecule has 1 aliphatic heterocycles. The Labute approximate surface area is 136 Å². The first-order chi connectivity index (χ1) is 9.65. The molecule has 0 spiro atoms. The lowest BCUT2D eigenvalue weighted by Gasteiger charge is -2.35. The summed E-state index contributed by atoms with van der Waals surface area (Å²) in [5.41, 5.74) is -0.183. The largest absolute Gasteiger partial charge is 0.368 e. The molecule has 1 N–H and O–H groups in total. The summed E-state index contributed by atoms with van der Waals surface area (Å²) in [6, 6.07) is 1.03. The highest BCUT2D eigenvalue weighted by molar-refractivity contribution is 7.98. The number of likely N-dealkylation sites (N-methyl/N-ethyl adjacent to an activating group) is 1. The lowest BCUT2D eigenvalue weighted by atomic mass is 9.82. The first-order valence-electron chi connectivity index (χ1n) is 8.28. The van der Waals surface area contributed by atoms with Crippen LogP contribution in [0, 0.1) is 5.92 Å². The molecular weight excluding hydrogens is 280 g/mol. The number of nitrogens with zero attached hydrogens (tertiary/aromatic N) is 1. The maximum absolute atomic E-state index is 6.38. The van der Waals surface area contributed by atoms with Gasteiger partial charge in [0.15, 0.2) is 0 Å². The number of hydrogen-bond donors (Lipinski definition) is 1. The van der Waals surface area contributed by atoms with Crippen LogP contribution in [0.4, 0.5) is 0 Å². The number of ether oxygens (including phenoxy) is 1. The highest BCUT2D eigenvalue weighted by Crippen LogP contribution is 2.42. The number of rotatable bonds is 8. The summed E-state index contributed by atoms with van der Waals surface area (Å²) in [5.74, 6) is 1.74. The van der Waals surface area contributed by atoms with Crippen LogP contribution in [0.2, 0.25) is 0 Å². The van der Waals surface area contributed by atoms with Gasteiger partial charge in [-0.1, -0.05) is 6.92 Å². The Morgan fingerprint density at radius 2 is 1.86 bits per heavy atom. The minimum Gasteiger partial charge on any atom is -0.368 e. The molecule has 0 saturated carbocycles. The van der Waals surface area contributed by atoms with E-state index in [1.165, 1.54) is 12.2 Å². The van der Waals surface area contributed by atoms with E-state index in [0.717, 1.165) is 13.1 Å². The molecule has 1 aliphatic rings. The van der Waals surface area contributed by atoms with E-state index < -0.39 is 0 Å². The number of nitrogens with one attached hydrogen (secondary N) is 1. The van der Waals surface area contributed by atoms with Crippen LogP contribution < -0.4 is 5.32 Å². The zero-order valence-electron chi connectivity index (χ0n) is 15.3. The summed E-state index contributed by atoms with van der Waals surface area (Å²) in [6.45, 7) is 15.5. The Bertz CT molecular complexity index is 320. The third kappa shape index (κ3) is 4.85. The predicted molar refractivity (Wildman–Crippen MR) is 95.3 cm³/mol. The van der Waals surface area contributed by atoms with Crippen molar-refractivity contribution < 1.29 is 4.74 Å². The van der Waals surface area contributed by atoms with Crippen LogP contribution >= 0.6 is 11.8 Å². The molecule has 0 aromatic carbocycles. The minimum absolute atomic E-state index is 0.0795. The maximum Gasteiger partial charge on any atom is 0.0790 e. The van der Waals surface area contributed by atoms with Crippen molar-refractivity contribution in [2.45, 2.75) is 71.2 Å². The fourth-order valence-electron chi connectivity index (χ4n) is 3.64. The summed E-state index contributed by atoms with van der Waals surface area (Å²) >= 11 is 1.93. The molecule has 1 heterocycles. The Morgan fingerprint density at radius 1 is 1.24 bits per heavy atom. The predicted octanol–water partition coefficient (Wildman–Crippen LogP) is 3.24. The van der Waals surface area contributed by atoms with Gasteiger partial charge in [0, 0.05) is 24.5 Å². The van der Waals surface area contributed by atoms with E-state index in [-0.39, 0.29) is 11.2 Å². The number of hydrogen-bond acceptors (Lipinski definition) is 4. The summed E-state index contributed by atoms with van der Waals surface area (Å²) in [5, 5.41) is 3.67. The summed E-state index contributed by atoms with van der Waals surface area (Å²) in [7, 11) is 2.26. The SMILES string of the molecule is CCNC1C(CN(C)C(C)CCSC)C(C)(C)OC1(C)C. The lowest BCUT2D eigenvalue weighted by Crippen LogP contribution is -2.51. The van der Waals surface area contributed by atoms with Crippen LogP contribution in [-0.4, -0.2) is 60.3 Å².